The van der Waals surface area contributed by atoms with Crippen LogP contribution in [0.25, 0.3) is 10.9 Å². The molecule has 11 heteroatoms. The number of halogens is 3. The molecular formula is C12H11F3N4O4. The third-order valence-electron chi connectivity index (χ3n) is 2.83. The van der Waals surface area contributed by atoms with Crippen molar-refractivity contribution in [3.8, 4) is 0 Å². The van der Waals surface area contributed by atoms with Crippen molar-refractivity contribution in [2.24, 2.45) is 0 Å². The van der Waals surface area contributed by atoms with Gasteiger partial charge < -0.3 is 15.6 Å². The summed E-state index contributed by atoms with van der Waals surface area (Å²) >= 11 is 0. The van der Waals surface area contributed by atoms with Crippen LogP contribution in [0.3, 0.4) is 0 Å². The summed E-state index contributed by atoms with van der Waals surface area (Å²) in [6.07, 6.45) is -7.33. The van der Waals surface area contributed by atoms with Crippen molar-refractivity contribution in [3.05, 3.63) is 17.7 Å². The smallest absolute Gasteiger partial charge is 0.432 e. The van der Waals surface area contributed by atoms with E-state index in [9.17, 15) is 22.8 Å². The van der Waals surface area contributed by atoms with E-state index in [1.54, 1.807) is 0 Å². The molecule has 0 aliphatic rings. The molecule has 23 heavy (non-hydrogen) atoms. The number of nitrogens with one attached hydrogen (secondary N) is 1. The zero-order valence-corrected chi connectivity index (χ0v) is 11.6. The molecule has 0 aliphatic carbocycles. The molecule has 2 rings (SSSR count). The Morgan fingerprint density at radius 2 is 2.09 bits per heavy atom. The number of aromatic nitrogens is 2. The molecule has 0 aliphatic heterocycles. The van der Waals surface area contributed by atoms with Crippen LogP contribution in [0, 0.1) is 0 Å². The molecule has 0 saturated heterocycles. The van der Waals surface area contributed by atoms with Gasteiger partial charge >= 0.3 is 18.4 Å². The van der Waals surface area contributed by atoms with Crippen LogP contribution in [-0.4, -0.2) is 33.7 Å². The number of nitrogen functional groups attached to an aromatic ring is 1. The van der Waals surface area contributed by atoms with E-state index in [-0.39, 0.29) is 17.5 Å². The van der Waals surface area contributed by atoms with Crippen LogP contribution in [0.1, 0.15) is 12.5 Å². The van der Waals surface area contributed by atoms with Crippen LogP contribution >= 0.6 is 0 Å². The fourth-order valence-electron chi connectivity index (χ4n) is 1.94. The van der Waals surface area contributed by atoms with Gasteiger partial charge in [0.15, 0.2) is 5.82 Å². The Bertz CT molecular complexity index is 785. The first-order valence-corrected chi connectivity index (χ1v) is 6.21. The van der Waals surface area contributed by atoms with Crippen LogP contribution in [-0.2, 0) is 10.9 Å². The van der Waals surface area contributed by atoms with E-state index < -0.39 is 35.4 Å². The topological polar surface area (TPSA) is 119 Å². The summed E-state index contributed by atoms with van der Waals surface area (Å²) in [6.45, 7) is 1.48. The zero-order valence-electron chi connectivity index (χ0n) is 11.6. The first-order chi connectivity index (χ1) is 10.6. The maximum Gasteiger partial charge on any atom is 0.432 e. The first kappa shape index (κ1) is 16.4. The zero-order chi connectivity index (χ0) is 17.4. The quantitative estimate of drug-likeness (QED) is 0.778. The SMILES string of the molecule is CCOC(=O)Nc1cc(C(F)(F)F)cc2c(N)nn(C(=O)O)c12. The summed E-state index contributed by atoms with van der Waals surface area (Å²) in [5.74, 6) is -0.416. The van der Waals surface area contributed by atoms with E-state index in [0.717, 1.165) is 0 Å². The number of ether oxygens (including phenoxy) is 1. The average molecular weight is 332 g/mol. The van der Waals surface area contributed by atoms with Crippen LogP contribution < -0.4 is 11.1 Å². The van der Waals surface area contributed by atoms with Crippen LogP contribution in [0.15, 0.2) is 12.1 Å². The van der Waals surface area contributed by atoms with Gasteiger partial charge in [-0.3, -0.25) is 5.32 Å². The van der Waals surface area contributed by atoms with Crippen molar-refractivity contribution in [3.63, 3.8) is 0 Å². The second-order valence-electron chi connectivity index (χ2n) is 4.34. The molecule has 0 bridgehead atoms. The fraction of sp³-hybridized carbons (Fsp3) is 0.250. The third-order valence-corrected chi connectivity index (χ3v) is 2.83. The van der Waals surface area contributed by atoms with Crippen LogP contribution in [0.4, 0.5) is 34.3 Å². The van der Waals surface area contributed by atoms with E-state index in [2.05, 4.69) is 15.2 Å². The van der Waals surface area contributed by atoms with E-state index in [4.69, 9.17) is 10.8 Å². The summed E-state index contributed by atoms with van der Waals surface area (Å²) < 4.78 is 43.8. The van der Waals surface area contributed by atoms with Gasteiger partial charge in [-0.25, -0.2) is 9.59 Å². The Morgan fingerprint density at radius 3 is 2.61 bits per heavy atom. The number of carboxylic acid groups (broad SMARTS) is 1. The Labute approximate surface area is 126 Å². The van der Waals surface area contributed by atoms with Gasteiger partial charge in [0.05, 0.1) is 17.9 Å². The number of rotatable bonds is 2. The van der Waals surface area contributed by atoms with Gasteiger partial charge in [-0.1, -0.05) is 0 Å². The normalized spacial score (nSPS) is 11.5. The van der Waals surface area contributed by atoms with Crippen molar-refractivity contribution in [2.45, 2.75) is 13.1 Å². The lowest BCUT2D eigenvalue weighted by atomic mass is 10.1. The van der Waals surface area contributed by atoms with Gasteiger partial charge in [-0.15, -0.1) is 5.10 Å². The molecule has 8 nitrogen and oxygen atoms in total. The lowest BCUT2D eigenvalue weighted by Gasteiger charge is -2.12. The molecule has 1 aromatic carbocycles. The molecule has 2 aromatic rings. The molecule has 0 fully saturated rings. The van der Waals surface area contributed by atoms with Gasteiger partial charge in [0.2, 0.25) is 0 Å². The Kier molecular flexibility index (Phi) is 4.04. The highest BCUT2D eigenvalue weighted by atomic mass is 19.4. The van der Waals surface area contributed by atoms with E-state index >= 15 is 0 Å². The molecule has 124 valence electrons. The van der Waals surface area contributed by atoms with Crippen LogP contribution in [0.2, 0.25) is 0 Å². The molecule has 0 atom stereocenters. The average Bonchev–Trinajstić information content (AvgIpc) is 2.76. The van der Waals surface area contributed by atoms with Crippen molar-refractivity contribution >= 4 is 34.6 Å². The molecule has 0 unspecified atom stereocenters. The maximum absolute atomic E-state index is 13.0. The minimum atomic E-state index is -4.73. The predicted octanol–water partition coefficient (Wildman–Crippen LogP) is 2.73. The van der Waals surface area contributed by atoms with Crippen molar-refractivity contribution in [2.75, 3.05) is 17.7 Å². The van der Waals surface area contributed by atoms with Gasteiger partial charge in [0, 0.05) is 5.39 Å². The van der Waals surface area contributed by atoms with Crippen molar-refractivity contribution in [1.82, 2.24) is 9.78 Å². The first-order valence-electron chi connectivity index (χ1n) is 6.21. The summed E-state index contributed by atoms with van der Waals surface area (Å²) in [6, 6.07) is 1.24. The van der Waals surface area contributed by atoms with E-state index in [1.807, 2.05) is 0 Å². The van der Waals surface area contributed by atoms with Crippen molar-refractivity contribution in [1.29, 1.82) is 0 Å². The number of alkyl halides is 3. The molecule has 0 radical (unpaired) electrons. The van der Waals surface area contributed by atoms with Gasteiger partial charge in [-0.05, 0) is 19.1 Å². The second-order valence-corrected chi connectivity index (χ2v) is 4.34. The molecule has 0 spiro atoms. The molecule has 1 heterocycles. The van der Waals surface area contributed by atoms with Gasteiger partial charge in [0.25, 0.3) is 0 Å². The molecule has 1 aromatic heterocycles. The Hall–Kier alpha value is -2.98. The number of fused-ring (bicyclic) bond motifs is 1. The number of carbonyl (C=O) groups is 2. The lowest BCUT2D eigenvalue weighted by Crippen LogP contribution is -2.17. The largest absolute Gasteiger partial charge is 0.463 e. The highest BCUT2D eigenvalue weighted by Crippen LogP contribution is 2.37. The van der Waals surface area contributed by atoms with Crippen LogP contribution in [0.5, 0.6) is 0 Å². The third kappa shape index (κ3) is 3.12. The number of anilines is 2. The predicted molar refractivity (Wildman–Crippen MR) is 73.2 cm³/mol. The van der Waals surface area contributed by atoms with E-state index in [0.29, 0.717) is 16.8 Å². The fourth-order valence-corrected chi connectivity index (χ4v) is 1.94. The number of hydrogen-bond donors (Lipinski definition) is 3. The highest BCUT2D eigenvalue weighted by molar-refractivity contribution is 6.05. The Morgan fingerprint density at radius 1 is 1.43 bits per heavy atom. The van der Waals surface area contributed by atoms with Crippen molar-refractivity contribution < 1.29 is 32.6 Å². The molecule has 1 amide bonds. The van der Waals surface area contributed by atoms with E-state index in [1.165, 1.54) is 6.92 Å². The summed E-state index contributed by atoms with van der Waals surface area (Å²) in [5, 5.41) is 14.3. The number of benzene rings is 1. The number of nitrogens with zero attached hydrogens (tertiary/aromatic N) is 2. The number of carbonyl (C=O) groups excluding carboxylic acids is 1. The monoisotopic (exact) mass is 332 g/mol. The number of hydrogen-bond acceptors (Lipinski definition) is 5. The maximum atomic E-state index is 13.0. The summed E-state index contributed by atoms with van der Waals surface area (Å²) in [5.41, 5.74) is 3.65. The minimum Gasteiger partial charge on any atom is -0.463 e. The highest BCUT2D eigenvalue weighted by Gasteiger charge is 2.33. The Balaban J connectivity index is 2.73. The summed E-state index contributed by atoms with van der Waals surface area (Å²) in [4.78, 5) is 22.6. The molecular weight excluding hydrogens is 321 g/mol. The standard InChI is InChI=1S/C12H11F3N4O4/c1-2-23-10(20)17-7-4-5(12(13,14)15)3-6-8(7)19(11(21)22)18-9(6)16/h3-4H,2H2,1H3,(H2,16,18)(H,17,20)(H,21,22). The molecule has 4 N–H and O–H groups in total. The van der Waals surface area contributed by atoms with Gasteiger partial charge in [0.1, 0.15) is 5.52 Å². The number of amides is 1. The molecule has 0 saturated carbocycles. The van der Waals surface area contributed by atoms with Gasteiger partial charge in [-0.2, -0.15) is 17.9 Å². The lowest BCUT2D eigenvalue weighted by molar-refractivity contribution is -0.137. The number of nitrogens with two attached hydrogens (primary N) is 1. The minimum absolute atomic E-state index is 0.0196. The second kappa shape index (κ2) is 5.66. The summed E-state index contributed by atoms with van der Waals surface area (Å²) in [7, 11) is 0.